The number of rotatable bonds is 0. The zero-order chi connectivity index (χ0) is 22.4. The average molecular weight is 437 g/mol. The molecule has 1 aliphatic heterocycles. The van der Waals surface area contributed by atoms with E-state index in [1.807, 2.05) is 24.3 Å². The van der Waals surface area contributed by atoms with E-state index in [9.17, 15) is 0 Å². The molecule has 0 saturated carbocycles. The molecule has 1 heterocycles. The number of para-hydroxylation sites is 2. The third kappa shape index (κ3) is 2.07. The Labute approximate surface area is 198 Å². The first-order valence-corrected chi connectivity index (χ1v) is 11.7. The van der Waals surface area contributed by atoms with Gasteiger partial charge in [0.2, 0.25) is 0 Å². The number of fused-ring (bicyclic) bond motifs is 12. The Morgan fingerprint density at radius 3 is 1.68 bits per heavy atom. The van der Waals surface area contributed by atoms with Crippen LogP contribution in [0.3, 0.4) is 0 Å². The minimum Gasteiger partial charge on any atom is -0.450 e. The fourth-order valence-corrected chi connectivity index (χ4v) is 6.27. The molecule has 0 fully saturated rings. The van der Waals surface area contributed by atoms with Gasteiger partial charge in [-0.05, 0) is 75.7 Å². The van der Waals surface area contributed by atoms with Gasteiger partial charge < -0.3 is 9.47 Å². The number of ether oxygens (including phenoxy) is 2. The molecule has 0 amide bonds. The quantitative estimate of drug-likeness (QED) is 0.238. The second-order valence-corrected chi connectivity index (χ2v) is 9.39. The first kappa shape index (κ1) is 18.2. The lowest BCUT2D eigenvalue weighted by molar-refractivity contribution is 0.359. The summed E-state index contributed by atoms with van der Waals surface area (Å²) >= 11 is 0. The molecule has 0 N–H and O–H groups in total. The summed E-state index contributed by atoms with van der Waals surface area (Å²) in [7, 11) is 0. The number of hydrogen-bond acceptors (Lipinski definition) is 2. The van der Waals surface area contributed by atoms with Crippen LogP contribution in [0.1, 0.15) is 27.8 Å². The number of aryl methyl sites for hydroxylation is 1. The molecular weight excluding hydrogens is 416 g/mol. The highest BCUT2D eigenvalue weighted by Gasteiger charge is 2.52. The first-order valence-electron chi connectivity index (χ1n) is 11.7. The largest absolute Gasteiger partial charge is 0.450 e. The van der Waals surface area contributed by atoms with E-state index in [2.05, 4.69) is 85.8 Å². The van der Waals surface area contributed by atoms with Gasteiger partial charge >= 0.3 is 0 Å². The smallest absolute Gasteiger partial charge is 0.170 e. The molecule has 0 radical (unpaired) electrons. The molecule has 5 aromatic carbocycles. The lowest BCUT2D eigenvalue weighted by Gasteiger charge is -2.31. The lowest BCUT2D eigenvalue weighted by atomic mass is 9.70. The maximum absolute atomic E-state index is 6.38. The predicted octanol–water partition coefficient (Wildman–Crippen LogP) is 8.24. The van der Waals surface area contributed by atoms with Gasteiger partial charge in [-0.25, -0.2) is 0 Å². The van der Waals surface area contributed by atoms with Crippen molar-refractivity contribution in [1.29, 1.82) is 0 Å². The summed E-state index contributed by atoms with van der Waals surface area (Å²) in [5.74, 6) is 3.04. The molecule has 0 saturated heterocycles. The molecule has 2 aliphatic carbocycles. The lowest BCUT2D eigenvalue weighted by Crippen LogP contribution is -2.26. The minimum atomic E-state index is -0.376. The van der Waals surface area contributed by atoms with E-state index in [1.54, 1.807) is 0 Å². The average Bonchev–Trinajstić information content (AvgIpc) is 3.32. The predicted molar refractivity (Wildman–Crippen MR) is 134 cm³/mol. The highest BCUT2D eigenvalue weighted by molar-refractivity contribution is 5.95. The van der Waals surface area contributed by atoms with Crippen LogP contribution in [0.5, 0.6) is 23.0 Å². The summed E-state index contributed by atoms with van der Waals surface area (Å²) in [6.45, 7) is 2.18. The monoisotopic (exact) mass is 436 g/mol. The molecule has 2 nitrogen and oxygen atoms in total. The van der Waals surface area contributed by atoms with Crippen LogP contribution in [0.25, 0.3) is 22.3 Å². The normalized spacial score (nSPS) is 17.6. The maximum atomic E-state index is 6.38. The van der Waals surface area contributed by atoms with Crippen molar-refractivity contribution in [3.8, 4) is 45.3 Å². The van der Waals surface area contributed by atoms with Crippen LogP contribution in [0, 0.1) is 6.92 Å². The summed E-state index contributed by atoms with van der Waals surface area (Å²) in [4.78, 5) is 0. The molecule has 160 valence electrons. The molecule has 1 atom stereocenters. The first-order chi connectivity index (χ1) is 16.7. The second kappa shape index (κ2) is 6.18. The summed E-state index contributed by atoms with van der Waals surface area (Å²) in [5.41, 5.74) is 11.2. The van der Waals surface area contributed by atoms with E-state index in [4.69, 9.17) is 9.47 Å². The Kier molecular flexibility index (Phi) is 3.30. The topological polar surface area (TPSA) is 18.5 Å². The summed E-state index contributed by atoms with van der Waals surface area (Å²) in [6, 6.07) is 36.8. The van der Waals surface area contributed by atoms with Crippen molar-refractivity contribution < 1.29 is 9.47 Å². The van der Waals surface area contributed by atoms with Gasteiger partial charge in [0.15, 0.2) is 23.0 Å². The van der Waals surface area contributed by atoms with Gasteiger partial charge in [0.25, 0.3) is 0 Å². The van der Waals surface area contributed by atoms with Crippen LogP contribution >= 0.6 is 0 Å². The highest BCUT2D eigenvalue weighted by Crippen LogP contribution is 2.64. The van der Waals surface area contributed by atoms with Crippen LogP contribution in [-0.2, 0) is 5.41 Å². The summed E-state index contributed by atoms with van der Waals surface area (Å²) in [6.07, 6.45) is 0. The number of hydrogen-bond donors (Lipinski definition) is 0. The van der Waals surface area contributed by atoms with Crippen LogP contribution < -0.4 is 9.47 Å². The summed E-state index contributed by atoms with van der Waals surface area (Å²) < 4.78 is 12.7. The van der Waals surface area contributed by atoms with Gasteiger partial charge in [-0.1, -0.05) is 84.4 Å². The molecule has 3 aliphatic rings. The SMILES string of the molecule is Cc1ccc2c(c1)C1(c3ccccc3-2)c2ccccc2-c2cc3c(cc21)Oc1ccccc1O3. The minimum absolute atomic E-state index is 0.376. The fourth-order valence-electron chi connectivity index (χ4n) is 6.27. The third-order valence-electron chi connectivity index (χ3n) is 7.60. The van der Waals surface area contributed by atoms with Crippen LogP contribution in [-0.4, -0.2) is 0 Å². The standard InChI is InChI=1S/C32H20O2/c1-19-14-15-22-20-8-2-4-10-24(20)32(26(22)16-19)25-11-5-3-9-21(25)23-17-30-31(18-27(23)32)34-29-13-7-6-12-28(29)33-30/h2-18H,1H3. The number of benzene rings is 5. The zero-order valence-corrected chi connectivity index (χ0v) is 18.6. The van der Waals surface area contributed by atoms with Crippen molar-refractivity contribution in [1.82, 2.24) is 0 Å². The molecule has 2 heteroatoms. The molecule has 5 aromatic rings. The van der Waals surface area contributed by atoms with Crippen molar-refractivity contribution in [2.45, 2.75) is 12.3 Å². The molecule has 1 spiro atoms. The Hall–Kier alpha value is -4.30. The Bertz CT molecular complexity index is 1680. The van der Waals surface area contributed by atoms with Crippen molar-refractivity contribution in [3.05, 3.63) is 131 Å². The highest BCUT2D eigenvalue weighted by atomic mass is 16.6. The maximum Gasteiger partial charge on any atom is 0.170 e. The Balaban J connectivity index is 1.50. The van der Waals surface area contributed by atoms with Crippen LogP contribution in [0.4, 0.5) is 0 Å². The van der Waals surface area contributed by atoms with Gasteiger partial charge in [-0.2, -0.15) is 0 Å². The van der Waals surface area contributed by atoms with E-state index >= 15 is 0 Å². The van der Waals surface area contributed by atoms with Crippen molar-refractivity contribution in [3.63, 3.8) is 0 Å². The third-order valence-corrected chi connectivity index (χ3v) is 7.60. The van der Waals surface area contributed by atoms with Crippen molar-refractivity contribution in [2.24, 2.45) is 0 Å². The van der Waals surface area contributed by atoms with Gasteiger partial charge in [-0.15, -0.1) is 0 Å². The van der Waals surface area contributed by atoms with E-state index < -0.39 is 0 Å². The molecular formula is C32H20O2. The molecule has 8 rings (SSSR count). The zero-order valence-electron chi connectivity index (χ0n) is 18.6. The molecule has 1 unspecified atom stereocenters. The van der Waals surface area contributed by atoms with Crippen LogP contribution in [0.15, 0.2) is 103 Å². The molecule has 0 aromatic heterocycles. The van der Waals surface area contributed by atoms with E-state index in [0.717, 1.165) is 23.0 Å². The van der Waals surface area contributed by atoms with E-state index in [1.165, 1.54) is 50.1 Å². The Morgan fingerprint density at radius 2 is 0.971 bits per heavy atom. The van der Waals surface area contributed by atoms with E-state index in [0.29, 0.717) is 0 Å². The second-order valence-electron chi connectivity index (χ2n) is 9.39. The molecule has 34 heavy (non-hydrogen) atoms. The van der Waals surface area contributed by atoms with Gasteiger partial charge in [0.05, 0.1) is 5.41 Å². The van der Waals surface area contributed by atoms with Crippen molar-refractivity contribution >= 4 is 0 Å². The van der Waals surface area contributed by atoms with Gasteiger partial charge in [0.1, 0.15) is 0 Å². The van der Waals surface area contributed by atoms with Gasteiger partial charge in [0, 0.05) is 0 Å². The van der Waals surface area contributed by atoms with Crippen molar-refractivity contribution in [2.75, 3.05) is 0 Å². The van der Waals surface area contributed by atoms with Gasteiger partial charge in [-0.3, -0.25) is 0 Å². The molecule has 0 bridgehead atoms. The Morgan fingerprint density at radius 1 is 0.441 bits per heavy atom. The summed E-state index contributed by atoms with van der Waals surface area (Å²) in [5, 5.41) is 0. The fraction of sp³-hybridized carbons (Fsp3) is 0.0625. The van der Waals surface area contributed by atoms with E-state index in [-0.39, 0.29) is 5.41 Å². The van der Waals surface area contributed by atoms with Crippen LogP contribution in [0.2, 0.25) is 0 Å².